The molecule has 5 nitrogen and oxygen atoms in total. The van der Waals surface area contributed by atoms with Crippen molar-refractivity contribution in [3.05, 3.63) is 35.4 Å². The van der Waals surface area contributed by atoms with Crippen LogP contribution >= 0.6 is 0 Å². The average Bonchev–Trinajstić information content (AvgIpc) is 2.71. The number of piperidine rings is 1. The van der Waals surface area contributed by atoms with Crippen LogP contribution < -0.4 is 0 Å². The van der Waals surface area contributed by atoms with Crippen molar-refractivity contribution in [1.29, 1.82) is 0 Å². The van der Waals surface area contributed by atoms with Gasteiger partial charge < -0.3 is 14.5 Å². The Kier molecular flexibility index (Phi) is 5.72. The van der Waals surface area contributed by atoms with Crippen LogP contribution in [0.4, 0.5) is 0 Å². The summed E-state index contributed by atoms with van der Waals surface area (Å²) in [5.74, 6) is 0.544. The number of fused-ring (bicyclic) bond motifs is 1. The molecule has 0 saturated carbocycles. The number of carbonyl (C=O) groups is 2. The number of carbonyl (C=O) groups excluding carboxylic acids is 2. The van der Waals surface area contributed by atoms with E-state index in [1.54, 1.807) is 0 Å². The van der Waals surface area contributed by atoms with E-state index in [-0.39, 0.29) is 35.9 Å². The lowest BCUT2D eigenvalue weighted by Gasteiger charge is -2.40. The SMILES string of the molecule is CC1CN(C(=O)C2CCN(C(=O)C3CCCc4ccccc43)CC2)CC(C)O1. The molecule has 0 aromatic heterocycles. The van der Waals surface area contributed by atoms with Gasteiger partial charge in [0.1, 0.15) is 0 Å². The summed E-state index contributed by atoms with van der Waals surface area (Å²) in [7, 11) is 0. The molecular formula is C23H32N2O3. The third kappa shape index (κ3) is 3.95. The first kappa shape index (κ1) is 19.4. The van der Waals surface area contributed by atoms with Crippen molar-refractivity contribution in [2.45, 2.75) is 64.1 Å². The maximum Gasteiger partial charge on any atom is 0.230 e. The van der Waals surface area contributed by atoms with Crippen LogP contribution in [0.5, 0.6) is 0 Å². The van der Waals surface area contributed by atoms with Gasteiger partial charge in [0.05, 0.1) is 18.1 Å². The van der Waals surface area contributed by atoms with Crippen molar-refractivity contribution in [3.63, 3.8) is 0 Å². The van der Waals surface area contributed by atoms with Crippen molar-refractivity contribution in [1.82, 2.24) is 9.80 Å². The Balaban J connectivity index is 1.35. The van der Waals surface area contributed by atoms with Crippen LogP contribution in [0.2, 0.25) is 0 Å². The summed E-state index contributed by atoms with van der Waals surface area (Å²) in [6.45, 7) is 6.81. The zero-order valence-corrected chi connectivity index (χ0v) is 17.1. The zero-order valence-electron chi connectivity index (χ0n) is 17.1. The molecule has 2 aliphatic heterocycles. The fourth-order valence-electron chi connectivity index (χ4n) is 5.19. The van der Waals surface area contributed by atoms with Gasteiger partial charge in [-0.05, 0) is 57.1 Å². The van der Waals surface area contributed by atoms with E-state index in [9.17, 15) is 9.59 Å². The lowest BCUT2D eigenvalue weighted by molar-refractivity contribution is -0.150. The van der Waals surface area contributed by atoms with Gasteiger partial charge in [0.15, 0.2) is 0 Å². The van der Waals surface area contributed by atoms with Crippen LogP contribution in [0.15, 0.2) is 24.3 Å². The fraction of sp³-hybridized carbons (Fsp3) is 0.652. The van der Waals surface area contributed by atoms with E-state index in [0.29, 0.717) is 26.2 Å². The highest BCUT2D eigenvalue weighted by atomic mass is 16.5. The zero-order chi connectivity index (χ0) is 19.7. The van der Waals surface area contributed by atoms with Crippen LogP contribution in [-0.4, -0.2) is 60.0 Å². The molecule has 28 heavy (non-hydrogen) atoms. The molecule has 2 fully saturated rings. The monoisotopic (exact) mass is 384 g/mol. The van der Waals surface area contributed by atoms with Crippen LogP contribution in [0.3, 0.4) is 0 Å². The maximum atomic E-state index is 13.2. The fourth-order valence-corrected chi connectivity index (χ4v) is 5.19. The molecule has 4 rings (SSSR count). The van der Waals surface area contributed by atoms with Gasteiger partial charge in [0, 0.05) is 32.1 Å². The summed E-state index contributed by atoms with van der Waals surface area (Å²) >= 11 is 0. The molecule has 1 aliphatic carbocycles. The highest BCUT2D eigenvalue weighted by molar-refractivity contribution is 5.85. The maximum absolute atomic E-state index is 13.2. The number of aryl methyl sites for hydroxylation is 1. The standard InChI is InChI=1S/C23H32N2O3/c1-16-14-25(15-17(2)28-16)22(26)19-10-12-24(13-11-19)23(27)21-9-5-7-18-6-3-4-8-20(18)21/h3-4,6,8,16-17,19,21H,5,7,9-15H2,1-2H3. The second-order valence-electron chi connectivity index (χ2n) is 8.74. The molecule has 3 unspecified atom stereocenters. The lowest BCUT2D eigenvalue weighted by Crippen LogP contribution is -2.52. The van der Waals surface area contributed by atoms with E-state index < -0.39 is 0 Å². The van der Waals surface area contributed by atoms with Crippen LogP contribution in [0.1, 0.15) is 56.6 Å². The molecule has 5 heteroatoms. The molecule has 0 bridgehead atoms. The van der Waals surface area contributed by atoms with Gasteiger partial charge in [-0.15, -0.1) is 0 Å². The van der Waals surface area contributed by atoms with Gasteiger partial charge >= 0.3 is 0 Å². The summed E-state index contributed by atoms with van der Waals surface area (Å²) in [5, 5.41) is 0. The number of amides is 2. The highest BCUT2D eigenvalue weighted by Crippen LogP contribution is 2.34. The van der Waals surface area contributed by atoms with Crippen molar-refractivity contribution in [2.24, 2.45) is 5.92 Å². The molecule has 1 aromatic rings. The number of likely N-dealkylation sites (tertiary alicyclic amines) is 1. The minimum absolute atomic E-state index is 0.00172. The van der Waals surface area contributed by atoms with Gasteiger partial charge in [-0.2, -0.15) is 0 Å². The topological polar surface area (TPSA) is 49.9 Å². The van der Waals surface area contributed by atoms with Crippen molar-refractivity contribution < 1.29 is 14.3 Å². The molecular weight excluding hydrogens is 352 g/mol. The molecule has 3 aliphatic rings. The summed E-state index contributed by atoms with van der Waals surface area (Å²) in [6.07, 6.45) is 4.85. The van der Waals surface area contributed by atoms with Crippen LogP contribution in [0, 0.1) is 5.92 Å². The summed E-state index contributed by atoms with van der Waals surface area (Å²) in [4.78, 5) is 30.1. The van der Waals surface area contributed by atoms with E-state index >= 15 is 0 Å². The second-order valence-corrected chi connectivity index (χ2v) is 8.74. The van der Waals surface area contributed by atoms with E-state index in [1.165, 1.54) is 11.1 Å². The third-order valence-corrected chi connectivity index (χ3v) is 6.55. The Morgan fingerprint density at radius 3 is 2.32 bits per heavy atom. The van der Waals surface area contributed by atoms with Gasteiger partial charge in [-0.25, -0.2) is 0 Å². The molecule has 1 aromatic carbocycles. The van der Waals surface area contributed by atoms with Gasteiger partial charge in [0.25, 0.3) is 0 Å². The molecule has 0 radical (unpaired) electrons. The minimum Gasteiger partial charge on any atom is -0.372 e. The molecule has 152 valence electrons. The number of morpholine rings is 1. The number of rotatable bonds is 2. The Morgan fingerprint density at radius 1 is 0.929 bits per heavy atom. The number of hydrogen-bond acceptors (Lipinski definition) is 3. The molecule has 3 atom stereocenters. The van der Waals surface area contributed by atoms with Gasteiger partial charge in [-0.1, -0.05) is 24.3 Å². The van der Waals surface area contributed by atoms with Crippen LogP contribution in [-0.2, 0) is 20.7 Å². The lowest BCUT2D eigenvalue weighted by atomic mass is 9.81. The number of ether oxygens (including phenoxy) is 1. The smallest absolute Gasteiger partial charge is 0.230 e. The quantitative estimate of drug-likeness (QED) is 0.788. The predicted molar refractivity (Wildman–Crippen MR) is 108 cm³/mol. The highest BCUT2D eigenvalue weighted by Gasteiger charge is 2.36. The average molecular weight is 385 g/mol. The number of benzene rings is 1. The Bertz CT molecular complexity index is 716. The summed E-state index contributed by atoms with van der Waals surface area (Å²) in [6, 6.07) is 8.38. The van der Waals surface area contributed by atoms with Crippen molar-refractivity contribution in [2.75, 3.05) is 26.2 Å². The first-order chi connectivity index (χ1) is 13.5. The molecule has 0 spiro atoms. The van der Waals surface area contributed by atoms with Crippen LogP contribution in [0.25, 0.3) is 0 Å². The number of nitrogens with zero attached hydrogens (tertiary/aromatic N) is 2. The Hall–Kier alpha value is -1.88. The summed E-state index contributed by atoms with van der Waals surface area (Å²) < 4.78 is 5.75. The normalized spacial score (nSPS) is 28.7. The van der Waals surface area contributed by atoms with E-state index in [4.69, 9.17) is 4.74 Å². The molecule has 2 amide bonds. The van der Waals surface area contributed by atoms with Crippen molar-refractivity contribution >= 4 is 11.8 Å². The predicted octanol–water partition coefficient (Wildman–Crippen LogP) is 2.98. The minimum atomic E-state index is -0.00172. The molecule has 2 heterocycles. The largest absolute Gasteiger partial charge is 0.372 e. The van der Waals surface area contributed by atoms with Crippen molar-refractivity contribution in [3.8, 4) is 0 Å². The molecule has 2 saturated heterocycles. The Morgan fingerprint density at radius 2 is 1.61 bits per heavy atom. The van der Waals surface area contributed by atoms with Gasteiger partial charge in [-0.3, -0.25) is 9.59 Å². The van der Waals surface area contributed by atoms with E-state index in [2.05, 4.69) is 18.2 Å². The van der Waals surface area contributed by atoms with Gasteiger partial charge in [0.2, 0.25) is 11.8 Å². The first-order valence-electron chi connectivity index (χ1n) is 10.8. The Labute approximate surface area is 168 Å². The molecule has 0 N–H and O–H groups in total. The third-order valence-electron chi connectivity index (χ3n) is 6.55. The number of hydrogen-bond donors (Lipinski definition) is 0. The van der Waals surface area contributed by atoms with E-state index in [1.807, 2.05) is 29.7 Å². The first-order valence-corrected chi connectivity index (χ1v) is 10.8. The van der Waals surface area contributed by atoms with E-state index in [0.717, 1.165) is 32.1 Å². The summed E-state index contributed by atoms with van der Waals surface area (Å²) in [5.41, 5.74) is 2.54. The second kappa shape index (κ2) is 8.24.